The van der Waals surface area contributed by atoms with Crippen LogP contribution in [0.15, 0.2) is 24.3 Å². The molecule has 1 N–H and O–H groups in total. The summed E-state index contributed by atoms with van der Waals surface area (Å²) in [5, 5.41) is 2.81. The van der Waals surface area contributed by atoms with Crippen LogP contribution in [0.25, 0.3) is 0 Å². The molecule has 0 bridgehead atoms. The van der Waals surface area contributed by atoms with Gasteiger partial charge in [-0.1, -0.05) is 6.58 Å². The third-order valence-corrected chi connectivity index (χ3v) is 6.25. The summed E-state index contributed by atoms with van der Waals surface area (Å²) in [7, 11) is 0. The molecule has 0 aliphatic heterocycles. The molecule has 0 spiro atoms. The van der Waals surface area contributed by atoms with Crippen molar-refractivity contribution in [1.82, 2.24) is 5.32 Å². The second-order valence-corrected chi connectivity index (χ2v) is 8.02. The van der Waals surface area contributed by atoms with Gasteiger partial charge in [0.25, 0.3) is 5.91 Å². The number of hydrogen-bond acceptors (Lipinski definition) is 4. The van der Waals surface area contributed by atoms with E-state index in [1.54, 1.807) is 6.92 Å². The molecule has 0 heterocycles. The van der Waals surface area contributed by atoms with Gasteiger partial charge in [-0.05, 0) is 86.8 Å². The summed E-state index contributed by atoms with van der Waals surface area (Å²) in [6.45, 7) is 6.28. The predicted molar refractivity (Wildman–Crippen MR) is 114 cm³/mol. The van der Waals surface area contributed by atoms with Crippen LogP contribution in [0.4, 0.5) is 0 Å². The number of carbonyl (C=O) groups excluding carboxylic acids is 2. The highest BCUT2D eigenvalue weighted by Crippen LogP contribution is 2.22. The molecule has 1 aromatic carbocycles. The number of hydrogen-bond donors (Lipinski definition) is 1. The Morgan fingerprint density at radius 2 is 1.87 bits per heavy atom. The van der Waals surface area contributed by atoms with Gasteiger partial charge in [-0.3, -0.25) is 4.79 Å². The molecule has 0 aromatic heterocycles. The fourth-order valence-electron chi connectivity index (χ4n) is 1.47. The highest BCUT2D eigenvalue weighted by atomic mass is 127. The molecule has 8 heteroatoms. The first-order chi connectivity index (χ1) is 10.8. The van der Waals surface area contributed by atoms with E-state index in [0.29, 0.717) is 24.3 Å². The lowest BCUT2D eigenvalue weighted by atomic mass is 10.2. The van der Waals surface area contributed by atoms with Crippen molar-refractivity contribution in [3.63, 3.8) is 0 Å². The van der Waals surface area contributed by atoms with Gasteiger partial charge in [0.05, 0.1) is 18.8 Å². The van der Waals surface area contributed by atoms with Gasteiger partial charge in [-0.25, -0.2) is 4.79 Å². The number of amides is 1. The molecular weight excluding hydrogens is 639 g/mol. The zero-order valence-corrected chi connectivity index (χ0v) is 18.9. The zero-order valence-electron chi connectivity index (χ0n) is 12.5. The van der Waals surface area contributed by atoms with Gasteiger partial charge in [-0.15, -0.1) is 0 Å². The molecule has 0 unspecified atom stereocenters. The maximum absolute atomic E-state index is 12.2. The lowest BCUT2D eigenvalue weighted by Gasteiger charge is -2.09. The first kappa shape index (κ1) is 21.1. The number of benzene rings is 1. The van der Waals surface area contributed by atoms with Crippen molar-refractivity contribution in [2.45, 2.75) is 6.92 Å². The van der Waals surface area contributed by atoms with Crippen LogP contribution in [0.1, 0.15) is 17.3 Å². The summed E-state index contributed by atoms with van der Waals surface area (Å²) >= 11 is 6.57. The van der Waals surface area contributed by atoms with Crippen molar-refractivity contribution in [2.24, 2.45) is 0 Å². The first-order valence-electron chi connectivity index (χ1n) is 6.66. The average Bonchev–Trinajstić information content (AvgIpc) is 2.49. The lowest BCUT2D eigenvalue weighted by Crippen LogP contribution is -2.28. The molecule has 1 amide bonds. The van der Waals surface area contributed by atoms with Gasteiger partial charge in [0.1, 0.15) is 6.61 Å². The minimum atomic E-state index is -0.426. The Morgan fingerprint density at radius 1 is 1.17 bits per heavy atom. The fraction of sp³-hybridized carbons (Fsp3) is 0.333. The number of nitrogens with one attached hydrogen (secondary N) is 1. The van der Waals surface area contributed by atoms with Crippen molar-refractivity contribution in [3.8, 4) is 0 Å². The van der Waals surface area contributed by atoms with Crippen molar-refractivity contribution in [3.05, 3.63) is 40.6 Å². The van der Waals surface area contributed by atoms with E-state index in [1.165, 1.54) is 0 Å². The van der Waals surface area contributed by atoms with Crippen LogP contribution < -0.4 is 5.32 Å². The normalized spacial score (nSPS) is 10.3. The molecule has 0 aliphatic carbocycles. The van der Waals surface area contributed by atoms with Gasteiger partial charge in [0.2, 0.25) is 0 Å². The van der Waals surface area contributed by atoms with Crippen molar-refractivity contribution in [1.29, 1.82) is 0 Å². The monoisotopic (exact) mass is 655 g/mol. The molecule has 0 radical (unpaired) electrons. The van der Waals surface area contributed by atoms with Gasteiger partial charge < -0.3 is 14.8 Å². The van der Waals surface area contributed by atoms with E-state index in [1.807, 2.05) is 12.1 Å². The largest absolute Gasteiger partial charge is 0.460 e. The van der Waals surface area contributed by atoms with Gasteiger partial charge in [0.15, 0.2) is 0 Å². The Morgan fingerprint density at radius 3 is 2.52 bits per heavy atom. The molecule has 5 nitrogen and oxygen atoms in total. The minimum Gasteiger partial charge on any atom is -0.460 e. The summed E-state index contributed by atoms with van der Waals surface area (Å²) < 4.78 is 13.2. The summed E-state index contributed by atoms with van der Waals surface area (Å²) in [5.41, 5.74) is 1.02. The fourth-order valence-corrected chi connectivity index (χ4v) is 3.87. The Kier molecular flexibility index (Phi) is 9.92. The van der Waals surface area contributed by atoms with E-state index in [0.717, 1.165) is 10.7 Å². The first-order valence-corrected chi connectivity index (χ1v) is 9.89. The van der Waals surface area contributed by atoms with Crippen LogP contribution in [0.3, 0.4) is 0 Å². The zero-order chi connectivity index (χ0) is 17.4. The topological polar surface area (TPSA) is 64.6 Å². The lowest BCUT2D eigenvalue weighted by molar-refractivity contribution is -0.140. The van der Waals surface area contributed by atoms with Gasteiger partial charge >= 0.3 is 5.97 Å². The number of carbonyl (C=O) groups is 2. The molecule has 1 rings (SSSR count). The van der Waals surface area contributed by atoms with E-state index in [4.69, 9.17) is 9.47 Å². The Bertz CT molecular complexity index is 605. The van der Waals surface area contributed by atoms with Crippen LogP contribution in [0.2, 0.25) is 0 Å². The van der Waals surface area contributed by atoms with Crippen LogP contribution >= 0.6 is 67.8 Å². The molecule has 1 aromatic rings. The van der Waals surface area contributed by atoms with Crippen LogP contribution in [-0.2, 0) is 14.3 Å². The van der Waals surface area contributed by atoms with E-state index in [9.17, 15) is 9.59 Å². The number of rotatable bonds is 8. The SMILES string of the molecule is C=C(C)C(=O)OCCOCCNC(=O)c1cc(I)cc(I)c1I. The van der Waals surface area contributed by atoms with Crippen LogP contribution in [0.5, 0.6) is 0 Å². The number of ether oxygens (including phenoxy) is 2. The Balaban J connectivity index is 2.28. The molecular formula is C15H16I3NO4. The van der Waals surface area contributed by atoms with Crippen molar-refractivity contribution < 1.29 is 19.1 Å². The molecule has 0 saturated heterocycles. The second-order valence-electron chi connectivity index (χ2n) is 4.53. The molecule has 23 heavy (non-hydrogen) atoms. The second kappa shape index (κ2) is 10.8. The average molecular weight is 655 g/mol. The van der Waals surface area contributed by atoms with Crippen LogP contribution in [0, 0.1) is 10.7 Å². The summed E-state index contributed by atoms with van der Waals surface area (Å²) in [6, 6.07) is 3.88. The van der Waals surface area contributed by atoms with E-state index in [2.05, 4.69) is 79.7 Å². The summed E-state index contributed by atoms with van der Waals surface area (Å²) in [5.74, 6) is -0.548. The maximum Gasteiger partial charge on any atom is 0.333 e. The quantitative estimate of drug-likeness (QED) is 0.154. The molecule has 126 valence electrons. The third-order valence-electron chi connectivity index (χ3n) is 2.58. The Hall–Kier alpha value is 0.0500. The molecule has 0 atom stereocenters. The van der Waals surface area contributed by atoms with E-state index < -0.39 is 5.97 Å². The molecule has 0 saturated carbocycles. The van der Waals surface area contributed by atoms with Crippen LogP contribution in [-0.4, -0.2) is 38.2 Å². The minimum absolute atomic E-state index is 0.122. The number of halogens is 3. The van der Waals surface area contributed by atoms with Crippen molar-refractivity contribution >= 4 is 79.6 Å². The van der Waals surface area contributed by atoms with E-state index >= 15 is 0 Å². The van der Waals surface area contributed by atoms with Gasteiger partial charge in [-0.2, -0.15) is 0 Å². The smallest absolute Gasteiger partial charge is 0.333 e. The molecule has 0 fully saturated rings. The van der Waals surface area contributed by atoms with Gasteiger partial charge in [0, 0.05) is 22.8 Å². The van der Waals surface area contributed by atoms with E-state index in [-0.39, 0.29) is 19.1 Å². The molecule has 0 aliphatic rings. The predicted octanol–water partition coefficient (Wildman–Crippen LogP) is 3.37. The van der Waals surface area contributed by atoms with Crippen molar-refractivity contribution in [2.75, 3.05) is 26.4 Å². The summed E-state index contributed by atoms with van der Waals surface area (Å²) in [4.78, 5) is 23.3. The third kappa shape index (κ3) is 7.65. The standard InChI is InChI=1S/C15H16I3NO4/c1-9(2)15(21)23-6-5-22-4-3-19-14(20)11-7-10(16)8-12(17)13(11)18/h7-8H,1,3-6H2,2H3,(H,19,20). The summed E-state index contributed by atoms with van der Waals surface area (Å²) in [6.07, 6.45) is 0. The highest BCUT2D eigenvalue weighted by molar-refractivity contribution is 14.1. The highest BCUT2D eigenvalue weighted by Gasteiger charge is 2.13. The Labute approximate surface area is 176 Å². The maximum atomic E-state index is 12.2. The number of esters is 1.